The zero-order chi connectivity index (χ0) is 13.0. The van der Waals surface area contributed by atoms with Crippen LogP contribution < -0.4 is 4.74 Å². The molecule has 2 nitrogen and oxygen atoms in total. The van der Waals surface area contributed by atoms with Gasteiger partial charge in [-0.25, -0.2) is 4.98 Å². The smallest absolute Gasteiger partial charge is 0.233 e. The highest BCUT2D eigenvalue weighted by molar-refractivity contribution is 9.10. The topological polar surface area (TPSA) is 22.1 Å². The first-order chi connectivity index (χ1) is 8.69. The number of hydrogen-bond acceptors (Lipinski definition) is 3. The number of hydrogen-bond donors (Lipinski definition) is 0. The number of benzene rings is 1. The first-order valence-electron chi connectivity index (χ1n) is 5.26. The highest BCUT2D eigenvalue weighted by atomic mass is 79.9. The Hall–Kier alpha value is -0.710. The molecule has 1 heterocycles. The van der Waals surface area contributed by atoms with Crippen molar-refractivity contribution in [3.05, 3.63) is 51.6 Å². The SMILES string of the molecule is CSCc1cnc(Oc2ccc(Cl)cc2)c(Br)c1. The van der Waals surface area contributed by atoms with Crippen LogP contribution in [-0.4, -0.2) is 11.2 Å². The molecule has 2 aromatic rings. The van der Waals surface area contributed by atoms with E-state index >= 15 is 0 Å². The van der Waals surface area contributed by atoms with E-state index in [1.165, 1.54) is 0 Å². The fourth-order valence-electron chi connectivity index (χ4n) is 1.40. The van der Waals surface area contributed by atoms with Gasteiger partial charge in [0, 0.05) is 17.0 Å². The summed E-state index contributed by atoms with van der Waals surface area (Å²) in [4.78, 5) is 4.30. The lowest BCUT2D eigenvalue weighted by atomic mass is 10.3. The summed E-state index contributed by atoms with van der Waals surface area (Å²) in [5.41, 5.74) is 1.16. The lowest BCUT2D eigenvalue weighted by Crippen LogP contribution is -1.91. The van der Waals surface area contributed by atoms with Crippen molar-refractivity contribution in [1.82, 2.24) is 4.98 Å². The average Bonchev–Trinajstić information content (AvgIpc) is 2.36. The number of aromatic nitrogens is 1. The molecule has 0 fully saturated rings. The standard InChI is InChI=1S/C13H11BrClNOS/c1-18-8-9-6-12(14)13(16-7-9)17-11-4-2-10(15)3-5-11/h2-7H,8H2,1H3. The van der Waals surface area contributed by atoms with Gasteiger partial charge in [0.25, 0.3) is 0 Å². The first kappa shape index (κ1) is 13.7. The molecule has 0 saturated heterocycles. The normalized spacial score (nSPS) is 10.4. The van der Waals surface area contributed by atoms with Gasteiger partial charge in [0.1, 0.15) is 5.75 Å². The second-order valence-corrected chi connectivity index (χ2v) is 5.78. The van der Waals surface area contributed by atoms with Gasteiger partial charge in [-0.05, 0) is 58.1 Å². The molecule has 1 aromatic carbocycles. The number of ether oxygens (including phenoxy) is 1. The van der Waals surface area contributed by atoms with Gasteiger partial charge >= 0.3 is 0 Å². The van der Waals surface area contributed by atoms with Crippen LogP contribution in [-0.2, 0) is 5.75 Å². The molecule has 0 radical (unpaired) electrons. The van der Waals surface area contributed by atoms with E-state index in [1.807, 2.05) is 24.4 Å². The Labute approximate surface area is 124 Å². The van der Waals surface area contributed by atoms with Crippen molar-refractivity contribution in [2.24, 2.45) is 0 Å². The Morgan fingerprint density at radius 1 is 1.33 bits per heavy atom. The zero-order valence-corrected chi connectivity index (χ0v) is 12.8. The molecule has 0 unspecified atom stereocenters. The minimum atomic E-state index is 0.558. The number of pyridine rings is 1. The Kier molecular flexibility index (Phi) is 4.92. The molecule has 5 heteroatoms. The van der Waals surface area contributed by atoms with E-state index in [2.05, 4.69) is 27.2 Å². The van der Waals surface area contributed by atoms with Crippen LogP contribution in [0.1, 0.15) is 5.56 Å². The maximum atomic E-state index is 5.82. The average molecular weight is 345 g/mol. The fraction of sp³-hybridized carbons (Fsp3) is 0.154. The summed E-state index contributed by atoms with van der Waals surface area (Å²) in [6.07, 6.45) is 3.89. The third-order valence-corrected chi connectivity index (χ3v) is 3.65. The zero-order valence-electron chi connectivity index (χ0n) is 9.69. The van der Waals surface area contributed by atoms with E-state index in [0.29, 0.717) is 16.7 Å². The maximum absolute atomic E-state index is 5.82. The van der Waals surface area contributed by atoms with Gasteiger partial charge in [-0.2, -0.15) is 11.8 Å². The minimum absolute atomic E-state index is 0.558. The number of rotatable bonds is 4. The summed E-state index contributed by atoms with van der Waals surface area (Å²) in [6, 6.07) is 9.22. The molecule has 0 spiro atoms. The molecule has 1 aromatic heterocycles. The van der Waals surface area contributed by atoms with E-state index < -0.39 is 0 Å². The summed E-state index contributed by atoms with van der Waals surface area (Å²) in [5.74, 6) is 2.21. The van der Waals surface area contributed by atoms with Crippen LogP contribution in [0.3, 0.4) is 0 Å². The molecule has 0 aliphatic heterocycles. The lowest BCUT2D eigenvalue weighted by molar-refractivity contribution is 0.459. The van der Waals surface area contributed by atoms with E-state index in [0.717, 1.165) is 15.8 Å². The molecule has 0 aliphatic rings. The molecule has 18 heavy (non-hydrogen) atoms. The Morgan fingerprint density at radius 2 is 2.06 bits per heavy atom. The molecule has 0 N–H and O–H groups in total. The van der Waals surface area contributed by atoms with E-state index in [9.17, 15) is 0 Å². The second-order valence-electron chi connectivity index (χ2n) is 3.62. The van der Waals surface area contributed by atoms with Gasteiger partial charge in [-0.3, -0.25) is 0 Å². The third kappa shape index (κ3) is 3.64. The van der Waals surface area contributed by atoms with Gasteiger partial charge in [0.05, 0.1) is 4.47 Å². The number of halogens is 2. The quantitative estimate of drug-likeness (QED) is 0.765. The van der Waals surface area contributed by atoms with Crippen molar-refractivity contribution < 1.29 is 4.74 Å². The van der Waals surface area contributed by atoms with Crippen LogP contribution in [0, 0.1) is 0 Å². The molecule has 0 bridgehead atoms. The summed E-state index contributed by atoms with van der Waals surface area (Å²) in [7, 11) is 0. The van der Waals surface area contributed by atoms with Gasteiger partial charge in [0.15, 0.2) is 0 Å². The third-order valence-electron chi connectivity index (χ3n) is 2.20. The molecular formula is C13H11BrClNOS. The predicted molar refractivity (Wildman–Crippen MR) is 80.7 cm³/mol. The second kappa shape index (κ2) is 6.45. The predicted octanol–water partition coefficient (Wildman–Crippen LogP) is 5.15. The van der Waals surface area contributed by atoms with Crippen molar-refractivity contribution in [1.29, 1.82) is 0 Å². The van der Waals surface area contributed by atoms with Crippen LogP contribution in [0.25, 0.3) is 0 Å². The van der Waals surface area contributed by atoms with Crippen LogP contribution in [0.15, 0.2) is 41.0 Å². The van der Waals surface area contributed by atoms with E-state index in [-0.39, 0.29) is 0 Å². The summed E-state index contributed by atoms with van der Waals surface area (Å²) >= 11 is 11.0. The number of nitrogens with zero attached hydrogens (tertiary/aromatic N) is 1. The first-order valence-corrected chi connectivity index (χ1v) is 7.82. The van der Waals surface area contributed by atoms with Gasteiger partial charge in [0.2, 0.25) is 5.88 Å². The van der Waals surface area contributed by atoms with Crippen molar-refractivity contribution in [2.45, 2.75) is 5.75 Å². The van der Waals surface area contributed by atoms with Crippen molar-refractivity contribution in [2.75, 3.05) is 6.26 Å². The fourth-order valence-corrected chi connectivity index (χ4v) is 2.49. The highest BCUT2D eigenvalue weighted by Crippen LogP contribution is 2.29. The van der Waals surface area contributed by atoms with Crippen molar-refractivity contribution in [3.8, 4) is 11.6 Å². The van der Waals surface area contributed by atoms with Crippen LogP contribution in [0.2, 0.25) is 5.02 Å². The van der Waals surface area contributed by atoms with E-state index in [4.69, 9.17) is 16.3 Å². The molecular weight excluding hydrogens is 334 g/mol. The van der Waals surface area contributed by atoms with Crippen LogP contribution in [0.4, 0.5) is 0 Å². The van der Waals surface area contributed by atoms with Gasteiger partial charge in [-0.1, -0.05) is 11.6 Å². The van der Waals surface area contributed by atoms with Crippen LogP contribution >= 0.6 is 39.3 Å². The Balaban J connectivity index is 2.16. The van der Waals surface area contributed by atoms with Crippen molar-refractivity contribution >= 4 is 39.3 Å². The summed E-state index contributed by atoms with van der Waals surface area (Å²) < 4.78 is 6.52. The monoisotopic (exact) mass is 343 g/mol. The van der Waals surface area contributed by atoms with Crippen molar-refractivity contribution in [3.63, 3.8) is 0 Å². The Morgan fingerprint density at radius 3 is 2.67 bits per heavy atom. The van der Waals surface area contributed by atoms with Gasteiger partial charge < -0.3 is 4.74 Å². The van der Waals surface area contributed by atoms with E-state index in [1.54, 1.807) is 23.9 Å². The summed E-state index contributed by atoms with van der Waals surface area (Å²) in [6.45, 7) is 0. The highest BCUT2D eigenvalue weighted by Gasteiger charge is 2.05. The lowest BCUT2D eigenvalue weighted by Gasteiger charge is -2.07. The number of thioether (sulfide) groups is 1. The summed E-state index contributed by atoms with van der Waals surface area (Å²) in [5, 5.41) is 0.685. The molecule has 0 aliphatic carbocycles. The maximum Gasteiger partial charge on any atom is 0.233 e. The largest absolute Gasteiger partial charge is 0.438 e. The molecule has 0 amide bonds. The minimum Gasteiger partial charge on any atom is -0.438 e. The molecule has 94 valence electrons. The molecule has 2 rings (SSSR count). The van der Waals surface area contributed by atoms with Crippen LogP contribution in [0.5, 0.6) is 11.6 Å². The molecule has 0 atom stereocenters. The molecule has 0 saturated carbocycles. The Bertz CT molecular complexity index is 533. The van der Waals surface area contributed by atoms with Gasteiger partial charge in [-0.15, -0.1) is 0 Å².